The van der Waals surface area contributed by atoms with Gasteiger partial charge in [0.25, 0.3) is 17.5 Å². The summed E-state index contributed by atoms with van der Waals surface area (Å²) in [6.45, 7) is 40.5. The van der Waals surface area contributed by atoms with Crippen molar-refractivity contribution in [3.05, 3.63) is 200 Å². The number of amides is 8. The molecule has 2 aromatic heterocycles. The average Bonchev–Trinajstić information content (AvgIpc) is 1.60. The Bertz CT molecular complexity index is 5750. The number of nitrogens with zero attached hydrogens (tertiary/aromatic N) is 10. The molecule has 4 fully saturated rings. The second-order valence-corrected chi connectivity index (χ2v) is 40.1. The molecule has 744 valence electrons. The number of hydrogen-bond acceptors (Lipinski definition) is 24. The molecule has 0 aliphatic carbocycles. The van der Waals surface area contributed by atoms with Gasteiger partial charge in [-0.25, -0.2) is 14.8 Å². The van der Waals surface area contributed by atoms with E-state index in [-0.39, 0.29) is 124 Å². The molecule has 139 heavy (non-hydrogen) atoms. The van der Waals surface area contributed by atoms with E-state index in [1.54, 1.807) is 88.8 Å². The largest absolute Gasteiger partial charge is 0.491 e. The minimum atomic E-state index is -5.04. The van der Waals surface area contributed by atoms with Crippen LogP contribution in [-0.2, 0) is 79.5 Å². The summed E-state index contributed by atoms with van der Waals surface area (Å²) in [4.78, 5) is 142. The maximum Gasteiger partial charge on any atom is 0.423 e. The molecule has 8 aromatic rings. The molecule has 12 rings (SSSR count). The zero-order valence-electron chi connectivity index (χ0n) is 80.9. The molecule has 4 aliphatic heterocycles. The van der Waals surface area contributed by atoms with Gasteiger partial charge in [0.2, 0.25) is 35.4 Å². The van der Waals surface area contributed by atoms with Gasteiger partial charge < -0.3 is 78.8 Å². The summed E-state index contributed by atoms with van der Waals surface area (Å²) in [5, 5.41) is 23.4. The van der Waals surface area contributed by atoms with Crippen molar-refractivity contribution in [2.75, 3.05) is 125 Å². The van der Waals surface area contributed by atoms with Crippen molar-refractivity contribution in [2.45, 2.75) is 178 Å². The quantitative estimate of drug-likeness (QED) is 0.00909. The second-order valence-electron chi connectivity index (χ2n) is 37.6. The Hall–Kier alpha value is -11.8. The van der Waals surface area contributed by atoms with Gasteiger partial charge >= 0.3 is 6.18 Å². The van der Waals surface area contributed by atoms with Gasteiger partial charge in [0.1, 0.15) is 78.7 Å². The molecule has 0 radical (unpaired) electrons. The third-order valence-electron chi connectivity index (χ3n) is 24.0. The first-order valence-corrected chi connectivity index (χ1v) is 48.3. The molecule has 6 heterocycles. The minimum absolute atomic E-state index is 0.0920. The standard InChI is InChI=1S/C51H63N7O8S2.C49H58F3N7O10S2/c1-32-27-42(46(60)54-34(3)36-11-13-37(14-12-36)44-35(4)53-31-68-44)56(29-32)47(61)45(50(5,6)7)55-43(59)30-65-24-23-63-21-22-64-25-26-66-40-18-15-38(16-19-40)58-49(67)57(48(62)51(58,8)9)39-17-20-41(52-10)33(2)28-39;1-30-24-39(43(61)53-26-32-8-10-33(11-9-32)41-31(2)54-29-71-41)56(27-30)44(62)42(47(3,4)5)55-40(60)28-68-21-20-66-18-19-67-22-23-69-36-15-12-34(13-16-36)58-46(70)57(45(63)48(58,6)7)35-14-17-38(59(64)65)37(25-35)49(50,51)52/h11-20,28,31-32,34,42,45H,21-27,29-30H2,1-9H3,(H,54,60)(H,55,59);8-17,25,29-30,39,42H,18-24,26-28H2,1-7H3,(H,53,61)(H,55,60)/t32-,34+,42+,45-;30-,39+,42-/m11/s1. The SMILES string of the molecule is Cc1ncsc1-c1ccc(CNC(=O)[C@@H]2C[C@@H](C)CN2C(=O)[C@@H](NC(=O)COCCOCCOCCOc2ccc(N3C(=S)N(c4ccc([N+](=O)[O-])c(C(F)(F)F)c4)C(=O)C3(C)C)cc2)C(C)(C)C)cc1.[C-]#[N+]c1ccc(N2C(=O)C(C)(C)N(c3ccc(OCCOCCOCCOCC(=O)N[C@H](C(=O)N4C[C@H](C)C[C@H]4C(=O)N[C@@H](C)c4ccc(-c5scnc5C)cc4)C(C)(C)C)cc3)C2=S)cc1C. The number of alkyl halides is 3. The molecule has 6 aromatic carbocycles. The Labute approximate surface area is 826 Å². The first-order chi connectivity index (χ1) is 65.8. The maximum atomic E-state index is 14.1. The summed E-state index contributed by atoms with van der Waals surface area (Å²) in [6.07, 6.45) is -4.01. The number of thiazole rings is 2. The highest BCUT2D eigenvalue weighted by molar-refractivity contribution is 7.81. The number of hydrogen-bond donors (Lipinski definition) is 4. The molecule has 0 unspecified atom stereocenters. The van der Waals surface area contributed by atoms with Gasteiger partial charge in [-0.1, -0.05) is 110 Å². The Morgan fingerprint density at radius 3 is 1.32 bits per heavy atom. The number of aryl methyl sites for hydroxylation is 3. The van der Waals surface area contributed by atoms with Crippen LogP contribution in [0.4, 0.5) is 47.3 Å². The van der Waals surface area contributed by atoms with Crippen molar-refractivity contribution in [1.82, 2.24) is 41.0 Å². The summed E-state index contributed by atoms with van der Waals surface area (Å²) >= 11 is 14.5. The molecular formula is C100H121F3N14O18S4. The lowest BCUT2D eigenvalue weighted by Crippen LogP contribution is -2.58. The highest BCUT2D eigenvalue weighted by Gasteiger charge is 2.54. The third-order valence-corrected chi connectivity index (χ3v) is 26.7. The Balaban J connectivity index is 0.000000266. The van der Waals surface area contributed by atoms with E-state index in [1.807, 2.05) is 186 Å². The van der Waals surface area contributed by atoms with Crippen LogP contribution >= 0.6 is 47.1 Å². The molecule has 4 aliphatic rings. The van der Waals surface area contributed by atoms with Crippen LogP contribution in [0.15, 0.2) is 144 Å². The summed E-state index contributed by atoms with van der Waals surface area (Å²) in [5.74, 6) is -1.48. The van der Waals surface area contributed by atoms with Crippen molar-refractivity contribution in [1.29, 1.82) is 0 Å². The number of anilines is 4. The number of aromatic nitrogens is 2. The molecule has 4 N–H and O–H groups in total. The van der Waals surface area contributed by atoms with E-state index >= 15 is 0 Å². The van der Waals surface area contributed by atoms with Crippen molar-refractivity contribution in [3.63, 3.8) is 0 Å². The predicted octanol–water partition coefficient (Wildman–Crippen LogP) is 15.4. The summed E-state index contributed by atoms with van der Waals surface area (Å²) in [6, 6.07) is 34.1. The fraction of sp³-hybridized carbons (Fsp3) is 0.470. The van der Waals surface area contributed by atoms with Gasteiger partial charge in [-0.05, 0) is 216 Å². The van der Waals surface area contributed by atoms with Crippen molar-refractivity contribution < 1.29 is 94.3 Å². The number of ether oxygens (including phenoxy) is 8. The van der Waals surface area contributed by atoms with Crippen LogP contribution in [0, 0.1) is 60.1 Å². The van der Waals surface area contributed by atoms with E-state index < -0.39 is 86.1 Å². The van der Waals surface area contributed by atoms with Crippen LogP contribution in [-0.4, -0.2) is 223 Å². The van der Waals surface area contributed by atoms with E-state index in [0.29, 0.717) is 105 Å². The van der Waals surface area contributed by atoms with Crippen LogP contribution in [0.3, 0.4) is 0 Å². The molecule has 32 nitrogen and oxygen atoms in total. The lowest BCUT2D eigenvalue weighted by atomic mass is 9.85. The predicted molar refractivity (Wildman–Crippen MR) is 532 cm³/mol. The third kappa shape index (κ3) is 27.2. The van der Waals surface area contributed by atoms with Crippen LogP contribution in [0.25, 0.3) is 25.7 Å². The first kappa shape index (κ1) is 108. The highest BCUT2D eigenvalue weighted by atomic mass is 32.1. The topological polar surface area (TPSA) is 351 Å². The van der Waals surface area contributed by atoms with Gasteiger partial charge in [0.05, 0.1) is 121 Å². The normalized spacial score (nSPS) is 17.6. The zero-order valence-corrected chi connectivity index (χ0v) is 84.2. The van der Waals surface area contributed by atoms with E-state index in [0.717, 1.165) is 65.6 Å². The van der Waals surface area contributed by atoms with Gasteiger partial charge in [0.15, 0.2) is 15.9 Å². The summed E-state index contributed by atoms with van der Waals surface area (Å²) in [7, 11) is 0. The van der Waals surface area contributed by atoms with Gasteiger partial charge in [0, 0.05) is 42.8 Å². The lowest BCUT2D eigenvalue weighted by molar-refractivity contribution is -0.388. The number of nitro groups is 1. The van der Waals surface area contributed by atoms with Crippen molar-refractivity contribution in [2.24, 2.45) is 22.7 Å². The number of nitrogens with one attached hydrogen (secondary N) is 4. The number of carbonyl (C=O) groups is 8. The molecule has 7 atom stereocenters. The zero-order chi connectivity index (χ0) is 101. The van der Waals surface area contributed by atoms with E-state index in [4.69, 9.17) is 68.9 Å². The fourth-order valence-corrected chi connectivity index (χ4v) is 19.2. The minimum Gasteiger partial charge on any atom is -0.491 e. The molecule has 0 saturated carbocycles. The summed E-state index contributed by atoms with van der Waals surface area (Å²) < 4.78 is 86.3. The Morgan fingerprint density at radius 2 is 0.935 bits per heavy atom. The molecule has 0 bridgehead atoms. The second kappa shape index (κ2) is 47.4. The average molecular weight is 1990 g/mol. The Kier molecular flexibility index (Phi) is 36.7. The number of nitro benzene ring substituents is 1. The Morgan fingerprint density at radius 1 is 0.547 bits per heavy atom. The molecule has 0 spiro atoms. The number of rotatable bonds is 41. The van der Waals surface area contributed by atoms with Crippen LogP contribution in [0.5, 0.6) is 11.5 Å². The number of benzene rings is 6. The number of likely N-dealkylation sites (tertiary alicyclic amines) is 2. The van der Waals surface area contributed by atoms with Crippen LogP contribution in [0.2, 0.25) is 0 Å². The van der Waals surface area contributed by atoms with Gasteiger partial charge in [-0.15, -0.1) is 22.7 Å². The fourth-order valence-electron chi connectivity index (χ4n) is 16.6. The van der Waals surface area contributed by atoms with Gasteiger partial charge in [-0.3, -0.25) is 58.3 Å². The number of carbonyl (C=O) groups excluding carboxylic acids is 8. The molecule has 4 saturated heterocycles. The number of thiocarbonyl (C=S) groups is 2. The van der Waals surface area contributed by atoms with E-state index in [1.165, 1.54) is 9.80 Å². The molecule has 39 heteroatoms. The van der Waals surface area contributed by atoms with E-state index in [9.17, 15) is 61.6 Å². The monoisotopic (exact) mass is 1990 g/mol. The smallest absolute Gasteiger partial charge is 0.423 e. The summed E-state index contributed by atoms with van der Waals surface area (Å²) in [5.41, 5.74) is 6.30. The molecular weight excluding hydrogens is 1870 g/mol. The number of halogens is 3. The highest BCUT2D eigenvalue weighted by Crippen LogP contribution is 2.44. The van der Waals surface area contributed by atoms with Crippen LogP contribution < -0.4 is 50.3 Å². The van der Waals surface area contributed by atoms with Crippen molar-refractivity contribution >= 4 is 139 Å². The molecule has 8 amide bonds. The van der Waals surface area contributed by atoms with Crippen LogP contribution in [0.1, 0.15) is 143 Å². The lowest BCUT2D eigenvalue weighted by Gasteiger charge is -2.35. The first-order valence-electron chi connectivity index (χ1n) is 45.7. The van der Waals surface area contributed by atoms with Crippen molar-refractivity contribution in [3.8, 4) is 32.4 Å². The van der Waals surface area contributed by atoms with E-state index in [2.05, 4.69) is 36.1 Å². The van der Waals surface area contributed by atoms with Gasteiger partial charge in [-0.2, -0.15) is 13.2 Å². The maximum absolute atomic E-state index is 14.1.